The molecule has 1 N–H and O–H groups in total. The Bertz CT molecular complexity index is 1540. The molecule has 1 amide bonds. The van der Waals surface area contributed by atoms with Crippen molar-refractivity contribution in [2.75, 3.05) is 11.9 Å². The van der Waals surface area contributed by atoms with Crippen LogP contribution in [0.1, 0.15) is 21.5 Å². The Kier molecular flexibility index (Phi) is 5.77. The van der Waals surface area contributed by atoms with Crippen LogP contribution in [0.25, 0.3) is 32.4 Å². The molecule has 0 saturated heterocycles. The van der Waals surface area contributed by atoms with Crippen LogP contribution in [-0.4, -0.2) is 28.5 Å². The molecule has 0 radical (unpaired) electrons. The Labute approximate surface area is 200 Å². The van der Waals surface area contributed by atoms with Gasteiger partial charge < -0.3 is 4.74 Å². The van der Waals surface area contributed by atoms with E-state index in [9.17, 15) is 9.59 Å². The van der Waals surface area contributed by atoms with Gasteiger partial charge in [-0.25, -0.2) is 14.8 Å². The summed E-state index contributed by atoms with van der Waals surface area (Å²) in [5.74, 6) is -1.01. The number of esters is 1. The highest BCUT2D eigenvalue weighted by Crippen LogP contribution is 2.30. The lowest BCUT2D eigenvalue weighted by Crippen LogP contribution is -2.21. The van der Waals surface area contributed by atoms with Crippen molar-refractivity contribution >= 4 is 49.5 Å². The number of carbonyl (C=O) groups excluding carboxylic acids is 2. The van der Waals surface area contributed by atoms with Crippen LogP contribution in [0.5, 0.6) is 0 Å². The lowest BCUT2D eigenvalue weighted by atomic mass is 9.98. The molecule has 0 fully saturated rings. The zero-order valence-electron chi connectivity index (χ0n) is 18.7. The Balaban J connectivity index is 1.38. The number of para-hydroxylation sites is 1. The van der Waals surface area contributed by atoms with E-state index in [1.165, 1.54) is 11.3 Å². The summed E-state index contributed by atoms with van der Waals surface area (Å²) >= 11 is 1.38. The van der Waals surface area contributed by atoms with E-state index in [0.29, 0.717) is 32.9 Å². The smallest absolute Gasteiger partial charge is 0.339 e. The predicted octanol–water partition coefficient (Wildman–Crippen LogP) is 5.92. The largest absolute Gasteiger partial charge is 0.452 e. The second kappa shape index (κ2) is 9.03. The third-order valence-corrected chi connectivity index (χ3v) is 6.45. The molecule has 2 heterocycles. The number of thiazole rings is 1. The summed E-state index contributed by atoms with van der Waals surface area (Å²) in [7, 11) is 0. The van der Waals surface area contributed by atoms with Crippen molar-refractivity contribution in [1.82, 2.24) is 9.97 Å². The van der Waals surface area contributed by atoms with Crippen molar-refractivity contribution in [3.05, 3.63) is 89.5 Å². The van der Waals surface area contributed by atoms with E-state index >= 15 is 0 Å². The maximum Gasteiger partial charge on any atom is 0.339 e. The predicted molar refractivity (Wildman–Crippen MR) is 135 cm³/mol. The van der Waals surface area contributed by atoms with E-state index in [2.05, 4.69) is 10.3 Å². The minimum atomic E-state index is -0.566. The van der Waals surface area contributed by atoms with Crippen molar-refractivity contribution in [3.8, 4) is 11.3 Å². The van der Waals surface area contributed by atoms with Crippen LogP contribution in [0.3, 0.4) is 0 Å². The number of amides is 1. The summed E-state index contributed by atoms with van der Waals surface area (Å²) in [5.41, 5.74) is 5.36. The highest BCUT2D eigenvalue weighted by Gasteiger charge is 2.21. The fraction of sp³-hybridized carbons (Fsp3) is 0.111. The Morgan fingerprint density at radius 1 is 0.912 bits per heavy atom. The molecule has 5 aromatic rings. The highest BCUT2D eigenvalue weighted by molar-refractivity contribution is 7.22. The molecule has 3 aromatic carbocycles. The van der Waals surface area contributed by atoms with Gasteiger partial charge in [-0.15, -0.1) is 0 Å². The van der Waals surface area contributed by atoms with Gasteiger partial charge in [0.1, 0.15) is 0 Å². The Morgan fingerprint density at radius 3 is 2.50 bits per heavy atom. The van der Waals surface area contributed by atoms with Crippen LogP contribution >= 0.6 is 11.3 Å². The number of hydrogen-bond acceptors (Lipinski definition) is 6. The second-order valence-corrected chi connectivity index (χ2v) is 8.99. The van der Waals surface area contributed by atoms with Crippen LogP contribution in [0.2, 0.25) is 0 Å². The molecule has 7 heteroatoms. The van der Waals surface area contributed by atoms with Gasteiger partial charge in [-0.2, -0.15) is 0 Å². The highest BCUT2D eigenvalue weighted by atomic mass is 32.1. The first-order valence-corrected chi connectivity index (χ1v) is 11.6. The number of anilines is 1. The first-order chi connectivity index (χ1) is 16.5. The molecule has 0 aliphatic carbocycles. The van der Waals surface area contributed by atoms with E-state index in [4.69, 9.17) is 9.72 Å². The van der Waals surface area contributed by atoms with Crippen LogP contribution < -0.4 is 5.32 Å². The molecule has 0 atom stereocenters. The van der Waals surface area contributed by atoms with Crippen molar-refractivity contribution < 1.29 is 14.3 Å². The number of pyridine rings is 1. The summed E-state index contributed by atoms with van der Waals surface area (Å²) in [6.45, 7) is 3.44. The fourth-order valence-electron chi connectivity index (χ4n) is 3.89. The number of nitrogens with one attached hydrogen (secondary N) is 1. The maximum atomic E-state index is 13.2. The number of aryl methyl sites for hydroxylation is 1. The molecule has 0 spiro atoms. The fourth-order valence-corrected chi connectivity index (χ4v) is 4.87. The lowest BCUT2D eigenvalue weighted by molar-refractivity contribution is -0.119. The monoisotopic (exact) mass is 467 g/mol. The number of rotatable bonds is 5. The van der Waals surface area contributed by atoms with Crippen LogP contribution in [-0.2, 0) is 9.53 Å². The van der Waals surface area contributed by atoms with Gasteiger partial charge >= 0.3 is 5.97 Å². The van der Waals surface area contributed by atoms with Crippen molar-refractivity contribution in [2.45, 2.75) is 13.8 Å². The van der Waals surface area contributed by atoms with Gasteiger partial charge in [-0.3, -0.25) is 10.1 Å². The normalized spacial score (nSPS) is 11.0. The average Bonchev–Trinajstić information content (AvgIpc) is 3.24. The topological polar surface area (TPSA) is 81.2 Å². The number of aromatic nitrogens is 2. The van der Waals surface area contributed by atoms with Gasteiger partial charge in [-0.05, 0) is 43.2 Å². The average molecular weight is 468 g/mol. The summed E-state index contributed by atoms with van der Waals surface area (Å²) in [4.78, 5) is 34.8. The number of ether oxygens (including phenoxy) is 1. The van der Waals surface area contributed by atoms with Crippen LogP contribution in [0.15, 0.2) is 72.8 Å². The van der Waals surface area contributed by atoms with Gasteiger partial charge in [-0.1, -0.05) is 65.9 Å². The number of fused-ring (bicyclic) bond motifs is 2. The number of carbonyl (C=O) groups is 2. The van der Waals surface area contributed by atoms with E-state index in [1.54, 1.807) is 0 Å². The quantitative estimate of drug-likeness (QED) is 0.324. The molecule has 6 nitrogen and oxygen atoms in total. The van der Waals surface area contributed by atoms with Crippen LogP contribution in [0, 0.1) is 13.8 Å². The summed E-state index contributed by atoms with van der Waals surface area (Å²) < 4.78 is 6.42. The van der Waals surface area contributed by atoms with Gasteiger partial charge in [0.05, 0.1) is 27.0 Å². The third kappa shape index (κ3) is 4.25. The summed E-state index contributed by atoms with van der Waals surface area (Å²) in [5, 5.41) is 3.88. The van der Waals surface area contributed by atoms with Crippen LogP contribution in [0.4, 0.5) is 5.13 Å². The summed E-state index contributed by atoms with van der Waals surface area (Å²) in [6, 6.07) is 23.0. The zero-order chi connectivity index (χ0) is 23.7. The number of benzene rings is 3. The van der Waals surface area contributed by atoms with Gasteiger partial charge in [0.15, 0.2) is 11.7 Å². The molecule has 0 saturated carbocycles. The number of nitrogens with zero attached hydrogens (tertiary/aromatic N) is 2. The standard InChI is InChI=1S/C27H21N3O3S/c1-16-12-13-21-22(14-16)34-27(29-21)30-23(31)15-33-26(32)24-17(2)25(18-8-4-3-5-9-18)28-20-11-7-6-10-19(20)24/h3-14H,15H2,1-2H3,(H,29,30,31). The molecule has 0 bridgehead atoms. The molecular formula is C27H21N3O3S. The molecule has 0 unspecified atom stereocenters. The van der Waals surface area contributed by atoms with Crippen molar-refractivity contribution in [3.63, 3.8) is 0 Å². The molecule has 0 aliphatic heterocycles. The molecule has 2 aromatic heterocycles. The molecular weight excluding hydrogens is 446 g/mol. The third-order valence-electron chi connectivity index (χ3n) is 5.51. The first-order valence-electron chi connectivity index (χ1n) is 10.8. The van der Waals surface area contributed by atoms with Crippen molar-refractivity contribution in [1.29, 1.82) is 0 Å². The van der Waals surface area contributed by atoms with E-state index in [1.807, 2.05) is 86.6 Å². The number of hydrogen-bond donors (Lipinski definition) is 1. The minimum absolute atomic E-state index is 0.410. The second-order valence-electron chi connectivity index (χ2n) is 7.96. The summed E-state index contributed by atoms with van der Waals surface area (Å²) in [6.07, 6.45) is 0. The molecule has 5 rings (SSSR count). The maximum absolute atomic E-state index is 13.2. The SMILES string of the molecule is Cc1ccc2nc(NC(=O)COC(=O)c3c(C)c(-c4ccccc4)nc4ccccc34)sc2c1. The molecule has 168 valence electrons. The Morgan fingerprint density at radius 2 is 1.68 bits per heavy atom. The van der Waals surface area contributed by atoms with E-state index in [-0.39, 0.29) is 0 Å². The molecule has 0 aliphatic rings. The van der Waals surface area contributed by atoms with Gasteiger partial charge in [0, 0.05) is 10.9 Å². The van der Waals surface area contributed by atoms with Crippen molar-refractivity contribution in [2.24, 2.45) is 0 Å². The molecule has 34 heavy (non-hydrogen) atoms. The van der Waals surface area contributed by atoms with E-state index < -0.39 is 18.5 Å². The zero-order valence-corrected chi connectivity index (χ0v) is 19.5. The first kappa shape index (κ1) is 21.7. The minimum Gasteiger partial charge on any atom is -0.452 e. The lowest BCUT2D eigenvalue weighted by Gasteiger charge is -2.14. The van der Waals surface area contributed by atoms with Gasteiger partial charge in [0.25, 0.3) is 5.91 Å². The van der Waals surface area contributed by atoms with E-state index in [0.717, 1.165) is 21.3 Å². The van der Waals surface area contributed by atoms with Gasteiger partial charge in [0.2, 0.25) is 0 Å². The Hall–Kier alpha value is -4.10.